The van der Waals surface area contributed by atoms with Gasteiger partial charge in [0, 0.05) is 6.54 Å². The molecule has 1 saturated heterocycles. The van der Waals surface area contributed by atoms with Crippen molar-refractivity contribution < 1.29 is 23.5 Å². The molecule has 1 amide bonds. The minimum atomic E-state index is -0.403. The van der Waals surface area contributed by atoms with Crippen LogP contribution in [0, 0.1) is 5.82 Å². The summed E-state index contributed by atoms with van der Waals surface area (Å²) in [6.45, 7) is 5.13. The molecule has 1 aliphatic rings. The highest BCUT2D eigenvalue weighted by atomic mass is 19.1. The lowest BCUT2D eigenvalue weighted by Crippen LogP contribution is -2.53. The number of carbonyl (C=O) groups excluding carboxylic acids is 2. The molecule has 1 heterocycles. The first kappa shape index (κ1) is 21.8. The van der Waals surface area contributed by atoms with E-state index in [1.807, 2.05) is 24.3 Å². The van der Waals surface area contributed by atoms with E-state index in [0.29, 0.717) is 13.2 Å². The zero-order chi connectivity index (χ0) is 21.5. The van der Waals surface area contributed by atoms with Gasteiger partial charge in [-0.25, -0.2) is 4.39 Å². The molecule has 2 atom stereocenters. The van der Waals surface area contributed by atoms with E-state index in [0.717, 1.165) is 29.7 Å². The lowest BCUT2D eigenvalue weighted by Gasteiger charge is -2.47. The summed E-state index contributed by atoms with van der Waals surface area (Å²) < 4.78 is 24.1. The number of benzene rings is 2. The van der Waals surface area contributed by atoms with Gasteiger partial charge >= 0.3 is 5.97 Å². The third-order valence-corrected chi connectivity index (χ3v) is 5.28. The van der Waals surface area contributed by atoms with Crippen LogP contribution in [-0.4, -0.2) is 36.5 Å². The van der Waals surface area contributed by atoms with Gasteiger partial charge in [-0.05, 0) is 48.7 Å². The van der Waals surface area contributed by atoms with E-state index in [-0.39, 0.29) is 36.7 Å². The van der Waals surface area contributed by atoms with E-state index in [1.165, 1.54) is 12.1 Å². The first-order valence-corrected chi connectivity index (χ1v) is 10.5. The summed E-state index contributed by atoms with van der Waals surface area (Å²) >= 11 is 0. The molecule has 2 aromatic rings. The van der Waals surface area contributed by atoms with Gasteiger partial charge in [-0.15, -0.1) is 0 Å². The number of rotatable bonds is 10. The number of ether oxygens (including phenoxy) is 2. The average Bonchev–Trinajstić information content (AvgIpc) is 2.74. The van der Waals surface area contributed by atoms with Crippen LogP contribution in [0.2, 0.25) is 0 Å². The molecule has 160 valence electrons. The summed E-state index contributed by atoms with van der Waals surface area (Å²) in [4.78, 5) is 26.4. The maximum absolute atomic E-state index is 13.4. The number of hydrogen-bond donors (Lipinski definition) is 0. The SMILES string of the molecule is CCCCOc1ccc(C2C(c3ccc(F)cc3)C(=O)N2CCC(=O)OCC)cc1. The highest BCUT2D eigenvalue weighted by molar-refractivity contribution is 5.92. The molecule has 0 N–H and O–H groups in total. The number of carbonyl (C=O) groups is 2. The smallest absolute Gasteiger partial charge is 0.307 e. The van der Waals surface area contributed by atoms with Crippen molar-refractivity contribution in [3.8, 4) is 5.75 Å². The predicted molar refractivity (Wildman–Crippen MR) is 112 cm³/mol. The van der Waals surface area contributed by atoms with E-state index in [2.05, 4.69) is 6.92 Å². The molecular formula is C24H28FNO4. The van der Waals surface area contributed by atoms with Crippen LogP contribution in [0.5, 0.6) is 5.75 Å². The van der Waals surface area contributed by atoms with Crippen molar-refractivity contribution in [3.05, 3.63) is 65.5 Å². The second-order valence-electron chi connectivity index (χ2n) is 7.33. The molecule has 0 aromatic heterocycles. The average molecular weight is 413 g/mol. The second kappa shape index (κ2) is 10.2. The van der Waals surface area contributed by atoms with Crippen LogP contribution in [0.25, 0.3) is 0 Å². The molecule has 6 heteroatoms. The fourth-order valence-corrected chi connectivity index (χ4v) is 3.71. The van der Waals surface area contributed by atoms with Gasteiger partial charge in [0.2, 0.25) is 5.91 Å². The van der Waals surface area contributed by atoms with Gasteiger partial charge in [0.15, 0.2) is 0 Å². The Morgan fingerprint density at radius 1 is 1.03 bits per heavy atom. The Morgan fingerprint density at radius 3 is 2.33 bits per heavy atom. The van der Waals surface area contributed by atoms with Crippen LogP contribution in [0.15, 0.2) is 48.5 Å². The van der Waals surface area contributed by atoms with Gasteiger partial charge in [-0.1, -0.05) is 37.6 Å². The molecule has 5 nitrogen and oxygen atoms in total. The largest absolute Gasteiger partial charge is 0.494 e. The van der Waals surface area contributed by atoms with Crippen LogP contribution in [0.1, 0.15) is 56.2 Å². The monoisotopic (exact) mass is 413 g/mol. The normalized spacial score (nSPS) is 18.1. The molecule has 0 radical (unpaired) electrons. The summed E-state index contributed by atoms with van der Waals surface area (Å²) in [5.41, 5.74) is 1.72. The Morgan fingerprint density at radius 2 is 1.70 bits per heavy atom. The Balaban J connectivity index is 1.79. The van der Waals surface area contributed by atoms with Gasteiger partial charge in [-0.3, -0.25) is 9.59 Å². The van der Waals surface area contributed by atoms with Gasteiger partial charge < -0.3 is 14.4 Å². The number of hydrogen-bond acceptors (Lipinski definition) is 4. The van der Waals surface area contributed by atoms with Gasteiger partial charge in [0.25, 0.3) is 0 Å². The number of unbranched alkanes of at least 4 members (excludes halogenated alkanes) is 1. The second-order valence-corrected chi connectivity index (χ2v) is 7.33. The topological polar surface area (TPSA) is 55.8 Å². The third kappa shape index (κ3) is 4.99. The Kier molecular flexibility index (Phi) is 7.44. The Hall–Kier alpha value is -2.89. The van der Waals surface area contributed by atoms with Gasteiger partial charge in [-0.2, -0.15) is 0 Å². The molecule has 0 spiro atoms. The maximum atomic E-state index is 13.4. The molecule has 0 saturated carbocycles. The van der Waals surface area contributed by atoms with Crippen molar-refractivity contribution in [1.82, 2.24) is 4.90 Å². The predicted octanol–water partition coefficient (Wildman–Crippen LogP) is 4.62. The highest BCUT2D eigenvalue weighted by Gasteiger charge is 2.48. The fourth-order valence-electron chi connectivity index (χ4n) is 3.71. The molecule has 1 fully saturated rings. The van der Waals surface area contributed by atoms with Crippen LogP contribution < -0.4 is 4.74 Å². The summed E-state index contributed by atoms with van der Waals surface area (Å²) in [6, 6.07) is 13.5. The molecular weight excluding hydrogens is 385 g/mol. The van der Waals surface area contributed by atoms with Gasteiger partial charge in [0.05, 0.1) is 31.6 Å². The summed E-state index contributed by atoms with van der Waals surface area (Å²) in [6.07, 6.45) is 2.20. The van der Waals surface area contributed by atoms with Crippen molar-refractivity contribution >= 4 is 11.9 Å². The fraction of sp³-hybridized carbons (Fsp3) is 0.417. The van der Waals surface area contributed by atoms with Crippen LogP contribution >= 0.6 is 0 Å². The van der Waals surface area contributed by atoms with E-state index >= 15 is 0 Å². The molecule has 1 aliphatic heterocycles. The quantitative estimate of drug-likeness (QED) is 0.324. The summed E-state index contributed by atoms with van der Waals surface area (Å²) in [5, 5.41) is 0. The number of halogens is 1. The van der Waals surface area contributed by atoms with E-state index in [9.17, 15) is 14.0 Å². The molecule has 3 rings (SSSR count). The van der Waals surface area contributed by atoms with E-state index in [4.69, 9.17) is 9.47 Å². The van der Waals surface area contributed by atoms with Crippen LogP contribution in [0.3, 0.4) is 0 Å². The molecule has 0 bridgehead atoms. The van der Waals surface area contributed by atoms with Crippen molar-refractivity contribution in [2.75, 3.05) is 19.8 Å². The highest BCUT2D eigenvalue weighted by Crippen LogP contribution is 2.46. The lowest BCUT2D eigenvalue weighted by atomic mass is 9.77. The molecule has 30 heavy (non-hydrogen) atoms. The standard InChI is InChI=1S/C24H28FNO4/c1-3-5-16-30-20-12-8-18(9-13-20)23-22(17-6-10-19(25)11-7-17)24(28)26(23)15-14-21(27)29-4-2/h6-13,22-23H,3-5,14-16H2,1-2H3. The van der Waals surface area contributed by atoms with Crippen LogP contribution in [0.4, 0.5) is 4.39 Å². The Bertz CT molecular complexity index is 851. The van der Waals surface area contributed by atoms with Crippen molar-refractivity contribution in [1.29, 1.82) is 0 Å². The van der Waals surface area contributed by atoms with Crippen molar-refractivity contribution in [3.63, 3.8) is 0 Å². The van der Waals surface area contributed by atoms with Crippen molar-refractivity contribution in [2.24, 2.45) is 0 Å². The molecule has 2 unspecified atom stereocenters. The van der Waals surface area contributed by atoms with Crippen LogP contribution in [-0.2, 0) is 14.3 Å². The van der Waals surface area contributed by atoms with E-state index < -0.39 is 5.92 Å². The first-order chi connectivity index (χ1) is 14.5. The molecule has 0 aliphatic carbocycles. The number of esters is 1. The van der Waals surface area contributed by atoms with E-state index in [1.54, 1.807) is 24.0 Å². The number of β-lactam (4-membered cyclic amide) rings is 1. The summed E-state index contributed by atoms with van der Waals surface area (Å²) in [7, 11) is 0. The summed E-state index contributed by atoms with van der Waals surface area (Å²) in [5.74, 6) is -0.350. The minimum absolute atomic E-state index is 0.0702. The number of likely N-dealkylation sites (tertiary alicyclic amines) is 1. The third-order valence-electron chi connectivity index (χ3n) is 5.28. The lowest BCUT2D eigenvalue weighted by molar-refractivity contribution is -0.153. The minimum Gasteiger partial charge on any atom is -0.494 e. The van der Waals surface area contributed by atoms with Gasteiger partial charge in [0.1, 0.15) is 11.6 Å². The maximum Gasteiger partial charge on any atom is 0.307 e. The zero-order valence-corrected chi connectivity index (χ0v) is 17.5. The van der Waals surface area contributed by atoms with Crippen molar-refractivity contribution in [2.45, 2.75) is 45.1 Å². The number of nitrogens with zero attached hydrogens (tertiary/aromatic N) is 1. The molecule has 2 aromatic carbocycles. The Labute approximate surface area is 176 Å². The zero-order valence-electron chi connectivity index (χ0n) is 17.5. The number of amides is 1. The first-order valence-electron chi connectivity index (χ1n) is 10.5.